The third kappa shape index (κ3) is 3.03. The first-order chi connectivity index (χ1) is 12.3. The lowest BCUT2D eigenvalue weighted by atomic mass is 10.1. The van der Waals surface area contributed by atoms with Crippen molar-refractivity contribution in [2.24, 2.45) is 10.7 Å². The molecule has 1 saturated heterocycles. The molecule has 0 spiro atoms. The van der Waals surface area contributed by atoms with Crippen LogP contribution in [0, 0.1) is 6.92 Å². The van der Waals surface area contributed by atoms with Crippen LogP contribution in [0.5, 0.6) is 0 Å². The first kappa shape index (κ1) is 17.6. The van der Waals surface area contributed by atoms with Gasteiger partial charge in [0.05, 0.1) is 0 Å². The Morgan fingerprint density at radius 3 is 2.50 bits per heavy atom. The molecule has 26 heavy (non-hydrogen) atoms. The number of nitrogens with one attached hydrogen (secondary N) is 1. The number of hydrogen-bond acceptors (Lipinski definition) is 5. The fourth-order valence-electron chi connectivity index (χ4n) is 2.99. The summed E-state index contributed by atoms with van der Waals surface area (Å²) in [5, 5.41) is 3.21. The normalized spacial score (nSPS) is 19.7. The van der Waals surface area contributed by atoms with Crippen molar-refractivity contribution in [3.63, 3.8) is 0 Å². The van der Waals surface area contributed by atoms with E-state index >= 15 is 0 Å². The first-order valence-electron chi connectivity index (χ1n) is 8.14. The number of benzene rings is 1. The molecule has 4 amide bonds. The minimum absolute atomic E-state index is 0.163. The van der Waals surface area contributed by atoms with Crippen LogP contribution in [0.15, 0.2) is 29.3 Å². The highest BCUT2D eigenvalue weighted by Gasteiger charge is 2.53. The van der Waals surface area contributed by atoms with Gasteiger partial charge < -0.3 is 11.1 Å². The summed E-state index contributed by atoms with van der Waals surface area (Å²) in [6.45, 7) is 2.12. The van der Waals surface area contributed by atoms with Crippen molar-refractivity contribution in [1.29, 1.82) is 0 Å². The average Bonchev–Trinajstić information content (AvgIpc) is 2.95. The van der Waals surface area contributed by atoms with Gasteiger partial charge in [0.1, 0.15) is 6.54 Å². The van der Waals surface area contributed by atoms with Crippen LogP contribution in [-0.4, -0.2) is 77.1 Å². The van der Waals surface area contributed by atoms with Gasteiger partial charge in [0.15, 0.2) is 6.54 Å². The molecule has 2 aliphatic heterocycles. The number of imide groups is 1. The Hall–Kier alpha value is -3.23. The molecule has 3 rings (SSSR count). The second-order valence-corrected chi connectivity index (χ2v) is 6.34. The molecule has 2 heterocycles. The lowest BCUT2D eigenvalue weighted by Crippen LogP contribution is -2.62. The van der Waals surface area contributed by atoms with Crippen LogP contribution in [0.3, 0.4) is 0 Å². The lowest BCUT2D eigenvalue weighted by molar-refractivity contribution is -0.524. The zero-order valence-electron chi connectivity index (χ0n) is 14.9. The summed E-state index contributed by atoms with van der Waals surface area (Å²) in [7, 11) is 2.96. The topological polar surface area (TPSA) is 111 Å². The number of primary amides is 1. The van der Waals surface area contributed by atoms with Crippen molar-refractivity contribution < 1.29 is 19.0 Å². The van der Waals surface area contributed by atoms with Crippen LogP contribution < -0.4 is 11.1 Å². The molecule has 1 aromatic rings. The maximum Gasteiger partial charge on any atom is 0.333 e. The second kappa shape index (κ2) is 6.58. The Kier molecular flexibility index (Phi) is 4.45. The van der Waals surface area contributed by atoms with Crippen LogP contribution in [0.4, 0.5) is 10.5 Å². The monoisotopic (exact) mass is 357 g/mol. The summed E-state index contributed by atoms with van der Waals surface area (Å²) >= 11 is 0. The highest BCUT2D eigenvalue weighted by molar-refractivity contribution is 6.23. The van der Waals surface area contributed by atoms with E-state index in [9.17, 15) is 14.4 Å². The summed E-state index contributed by atoms with van der Waals surface area (Å²) < 4.78 is 1.54. The van der Waals surface area contributed by atoms with E-state index in [4.69, 9.17) is 5.73 Å². The van der Waals surface area contributed by atoms with E-state index < -0.39 is 23.9 Å². The van der Waals surface area contributed by atoms with Crippen molar-refractivity contribution in [2.45, 2.75) is 13.0 Å². The molecule has 2 aliphatic rings. The minimum Gasteiger partial charge on any atom is -0.374 e. The fraction of sp³-hybridized carbons (Fsp3) is 0.353. The van der Waals surface area contributed by atoms with E-state index in [1.165, 1.54) is 11.9 Å². The van der Waals surface area contributed by atoms with Gasteiger partial charge in [0.2, 0.25) is 0 Å². The first-order valence-corrected chi connectivity index (χ1v) is 8.14. The maximum absolute atomic E-state index is 12.6. The zero-order chi connectivity index (χ0) is 19.0. The Bertz CT molecular complexity index is 843. The van der Waals surface area contributed by atoms with E-state index in [0.717, 1.165) is 16.2 Å². The third-order valence-corrected chi connectivity index (χ3v) is 4.44. The third-order valence-electron chi connectivity index (χ3n) is 4.44. The predicted octanol–water partition coefficient (Wildman–Crippen LogP) is -0.392. The number of likely N-dealkylation sites (N-methyl/N-ethyl adjacent to an activating group) is 2. The molecule has 3 N–H and O–H groups in total. The highest BCUT2D eigenvalue weighted by Crippen LogP contribution is 2.19. The quantitative estimate of drug-likeness (QED) is 0.699. The molecule has 136 valence electrons. The number of urea groups is 1. The van der Waals surface area contributed by atoms with Crippen LogP contribution in [0.2, 0.25) is 0 Å². The molecule has 9 nitrogen and oxygen atoms in total. The number of aliphatic imine (C=N–C) groups is 1. The smallest absolute Gasteiger partial charge is 0.333 e. The average molecular weight is 357 g/mol. The van der Waals surface area contributed by atoms with Gasteiger partial charge in [-0.1, -0.05) is 17.7 Å². The van der Waals surface area contributed by atoms with Crippen molar-refractivity contribution in [3.05, 3.63) is 29.8 Å². The number of hydrogen-bond donors (Lipinski definition) is 2. The van der Waals surface area contributed by atoms with Crippen LogP contribution in [0.25, 0.3) is 0 Å². The van der Waals surface area contributed by atoms with Crippen molar-refractivity contribution in [1.82, 2.24) is 9.80 Å². The number of amides is 4. The maximum atomic E-state index is 12.6. The van der Waals surface area contributed by atoms with Gasteiger partial charge in [-0.15, -0.1) is 0 Å². The lowest BCUT2D eigenvalue weighted by Gasteiger charge is -2.30. The number of rotatable bonds is 5. The Balaban J connectivity index is 1.91. The van der Waals surface area contributed by atoms with Gasteiger partial charge in [-0.05, 0) is 24.0 Å². The summed E-state index contributed by atoms with van der Waals surface area (Å²) in [5.41, 5.74) is 7.37. The number of carbonyl (C=O) groups is 3. The van der Waals surface area contributed by atoms with Crippen molar-refractivity contribution in [2.75, 3.05) is 32.5 Å². The number of aryl methyl sites for hydroxylation is 1. The second-order valence-electron chi connectivity index (χ2n) is 6.34. The predicted molar refractivity (Wildman–Crippen MR) is 96.1 cm³/mol. The molecule has 9 heteroatoms. The van der Waals surface area contributed by atoms with E-state index in [2.05, 4.69) is 10.3 Å². The number of fused-ring (bicyclic) bond motifs is 1. The molecule has 1 fully saturated rings. The molecule has 1 atom stereocenters. The molecule has 0 bridgehead atoms. The van der Waals surface area contributed by atoms with Crippen molar-refractivity contribution >= 4 is 35.2 Å². The number of nitrogens with two attached hydrogens (primary N) is 1. The number of anilines is 1. The van der Waals surface area contributed by atoms with E-state index in [0.29, 0.717) is 11.7 Å². The van der Waals surface area contributed by atoms with Gasteiger partial charge in [-0.2, -0.15) is 0 Å². The van der Waals surface area contributed by atoms with E-state index in [1.807, 2.05) is 31.2 Å². The van der Waals surface area contributed by atoms with E-state index in [1.54, 1.807) is 11.6 Å². The SMILES string of the molecule is Cc1ccc(NCC2=[N+](CC(N)=O)C3C(=O)N(C)C(=O)N(C)C3=N2)cc1. The summed E-state index contributed by atoms with van der Waals surface area (Å²) in [6.07, 6.45) is 0. The Morgan fingerprint density at radius 1 is 1.23 bits per heavy atom. The summed E-state index contributed by atoms with van der Waals surface area (Å²) in [4.78, 5) is 43.0. The van der Waals surface area contributed by atoms with Gasteiger partial charge in [-0.25, -0.2) is 9.37 Å². The number of amidine groups is 2. The van der Waals surface area contributed by atoms with E-state index in [-0.39, 0.29) is 13.1 Å². The van der Waals surface area contributed by atoms with Crippen molar-refractivity contribution in [3.8, 4) is 0 Å². The molecule has 0 saturated carbocycles. The molecule has 0 radical (unpaired) electrons. The molecular formula is C17H21N6O3+. The summed E-state index contributed by atoms with van der Waals surface area (Å²) in [5.74, 6) is -0.226. The van der Waals surface area contributed by atoms with Gasteiger partial charge in [-0.3, -0.25) is 19.4 Å². The molecule has 1 aromatic carbocycles. The van der Waals surface area contributed by atoms with Gasteiger partial charge in [0.25, 0.3) is 23.7 Å². The zero-order valence-corrected chi connectivity index (χ0v) is 14.9. The standard InChI is InChI=1S/C17H20N6O3/c1-10-4-6-11(7-5-10)19-8-13-20-15-14(23(13)9-12(18)24)16(25)22(3)17(26)21(15)2/h4-7,14,19H,8-9H2,1-3H3,(H-,18,24)/p+1. The molecule has 0 aromatic heterocycles. The Morgan fingerprint density at radius 2 is 1.88 bits per heavy atom. The molecule has 0 aliphatic carbocycles. The highest BCUT2D eigenvalue weighted by atomic mass is 16.2. The van der Waals surface area contributed by atoms with Gasteiger partial charge >= 0.3 is 11.9 Å². The molecular weight excluding hydrogens is 336 g/mol. The minimum atomic E-state index is -0.829. The fourth-order valence-corrected chi connectivity index (χ4v) is 2.99. The molecule has 1 unspecified atom stereocenters. The Labute approximate surface area is 150 Å². The van der Waals surface area contributed by atoms with Gasteiger partial charge in [0, 0.05) is 19.8 Å². The van der Waals surface area contributed by atoms with Crippen LogP contribution in [-0.2, 0) is 9.59 Å². The largest absolute Gasteiger partial charge is 0.374 e. The van der Waals surface area contributed by atoms with Crippen LogP contribution in [0.1, 0.15) is 5.56 Å². The number of nitrogens with zero attached hydrogens (tertiary/aromatic N) is 4. The van der Waals surface area contributed by atoms with Crippen LogP contribution >= 0.6 is 0 Å². The summed E-state index contributed by atoms with van der Waals surface area (Å²) in [6, 6.07) is 6.51. The number of carbonyl (C=O) groups excluding carboxylic acids is 3.